The van der Waals surface area contributed by atoms with E-state index in [2.05, 4.69) is 9.88 Å². The van der Waals surface area contributed by atoms with Crippen molar-refractivity contribution in [2.45, 2.75) is 31.6 Å². The molecule has 116 valence electrons. The first-order valence-corrected chi connectivity index (χ1v) is 8.47. The number of rotatable bonds is 5. The van der Waals surface area contributed by atoms with Crippen LogP contribution in [0.15, 0.2) is 33.7 Å². The van der Waals surface area contributed by atoms with Gasteiger partial charge in [0.1, 0.15) is 5.69 Å². The standard InChI is InChI=1S/C15H16N2O4S/c1-9-15(10(2)21-16-9)22(19,20)17-13-7-5-12(6-8-13)14(18)11-3-4-11/h5-8,11,17H,3-4H2,1-2H3. The fourth-order valence-corrected chi connectivity index (χ4v) is 3.74. The first-order valence-electron chi connectivity index (χ1n) is 6.98. The van der Waals surface area contributed by atoms with Crippen molar-refractivity contribution < 1.29 is 17.7 Å². The Morgan fingerprint density at radius 2 is 1.86 bits per heavy atom. The third-order valence-corrected chi connectivity index (χ3v) is 5.23. The van der Waals surface area contributed by atoms with Gasteiger partial charge in [-0.2, -0.15) is 0 Å². The molecule has 1 fully saturated rings. The zero-order valence-corrected chi connectivity index (χ0v) is 13.1. The van der Waals surface area contributed by atoms with E-state index in [0.29, 0.717) is 16.9 Å². The minimum Gasteiger partial charge on any atom is -0.360 e. The molecule has 0 unspecified atom stereocenters. The second-order valence-electron chi connectivity index (χ2n) is 5.47. The summed E-state index contributed by atoms with van der Waals surface area (Å²) in [5.74, 6) is 0.510. The molecule has 1 heterocycles. The van der Waals surface area contributed by atoms with E-state index in [9.17, 15) is 13.2 Å². The second-order valence-corrected chi connectivity index (χ2v) is 7.09. The zero-order valence-electron chi connectivity index (χ0n) is 12.3. The van der Waals surface area contributed by atoms with Crippen molar-refractivity contribution in [2.75, 3.05) is 4.72 Å². The predicted molar refractivity (Wildman–Crippen MR) is 80.3 cm³/mol. The molecular weight excluding hydrogens is 304 g/mol. The molecule has 0 saturated heterocycles. The lowest BCUT2D eigenvalue weighted by Crippen LogP contribution is -2.14. The van der Waals surface area contributed by atoms with Crippen LogP contribution >= 0.6 is 0 Å². The molecule has 1 saturated carbocycles. The first-order chi connectivity index (χ1) is 10.4. The molecule has 7 heteroatoms. The number of benzene rings is 1. The summed E-state index contributed by atoms with van der Waals surface area (Å²) in [5, 5.41) is 3.65. The fourth-order valence-electron chi connectivity index (χ4n) is 2.35. The van der Waals surface area contributed by atoms with E-state index >= 15 is 0 Å². The zero-order chi connectivity index (χ0) is 15.9. The van der Waals surface area contributed by atoms with Crippen molar-refractivity contribution in [1.29, 1.82) is 0 Å². The smallest absolute Gasteiger partial charge is 0.267 e. The van der Waals surface area contributed by atoms with Crippen molar-refractivity contribution in [3.05, 3.63) is 41.3 Å². The van der Waals surface area contributed by atoms with E-state index in [0.717, 1.165) is 12.8 Å². The molecule has 0 radical (unpaired) electrons. The third kappa shape index (κ3) is 2.76. The lowest BCUT2D eigenvalue weighted by Gasteiger charge is -2.08. The van der Waals surface area contributed by atoms with E-state index in [1.54, 1.807) is 38.1 Å². The van der Waals surface area contributed by atoms with E-state index < -0.39 is 10.0 Å². The molecule has 0 spiro atoms. The number of nitrogens with zero attached hydrogens (tertiary/aromatic N) is 1. The molecule has 3 rings (SSSR count). The first kappa shape index (κ1) is 14.8. The molecule has 1 aliphatic carbocycles. The molecule has 1 N–H and O–H groups in total. The van der Waals surface area contributed by atoms with Crippen LogP contribution in [0.3, 0.4) is 0 Å². The number of carbonyl (C=O) groups is 1. The van der Waals surface area contributed by atoms with Gasteiger partial charge in [0.25, 0.3) is 10.0 Å². The number of anilines is 1. The van der Waals surface area contributed by atoms with Crippen molar-refractivity contribution in [1.82, 2.24) is 5.16 Å². The van der Waals surface area contributed by atoms with Crippen LogP contribution in [0.5, 0.6) is 0 Å². The molecule has 0 atom stereocenters. The summed E-state index contributed by atoms with van der Waals surface area (Å²) >= 11 is 0. The summed E-state index contributed by atoms with van der Waals surface area (Å²) < 4.78 is 32.1. The molecule has 1 aromatic heterocycles. The number of Topliss-reactive ketones (excluding diaryl/α,β-unsaturated/α-hetero) is 1. The number of ketones is 1. The Morgan fingerprint density at radius 1 is 1.23 bits per heavy atom. The molecule has 0 aliphatic heterocycles. The maximum absolute atomic E-state index is 12.4. The highest BCUT2D eigenvalue weighted by molar-refractivity contribution is 7.92. The molecule has 0 bridgehead atoms. The van der Waals surface area contributed by atoms with Gasteiger partial charge in [-0.1, -0.05) is 5.16 Å². The molecular formula is C15H16N2O4S. The lowest BCUT2D eigenvalue weighted by molar-refractivity contribution is 0.0967. The van der Waals surface area contributed by atoms with E-state index in [4.69, 9.17) is 4.52 Å². The highest BCUT2D eigenvalue weighted by Gasteiger charge is 2.30. The predicted octanol–water partition coefficient (Wildman–Crippen LogP) is 2.68. The average Bonchev–Trinajstić information content (AvgIpc) is 3.24. The molecule has 1 aromatic carbocycles. The topological polar surface area (TPSA) is 89.3 Å². The lowest BCUT2D eigenvalue weighted by atomic mass is 10.1. The van der Waals surface area contributed by atoms with Crippen molar-refractivity contribution in [3.63, 3.8) is 0 Å². The summed E-state index contributed by atoms with van der Waals surface area (Å²) in [7, 11) is -3.76. The average molecular weight is 320 g/mol. The van der Waals surface area contributed by atoms with Crippen molar-refractivity contribution in [2.24, 2.45) is 5.92 Å². The van der Waals surface area contributed by atoms with Crippen molar-refractivity contribution >= 4 is 21.5 Å². The maximum atomic E-state index is 12.4. The van der Waals surface area contributed by atoms with Crippen LogP contribution in [-0.2, 0) is 10.0 Å². The monoisotopic (exact) mass is 320 g/mol. The van der Waals surface area contributed by atoms with Gasteiger partial charge in [0, 0.05) is 17.2 Å². The van der Waals surface area contributed by atoms with E-state index in [1.807, 2.05) is 0 Å². The van der Waals surface area contributed by atoms with Gasteiger partial charge in [0.2, 0.25) is 0 Å². The Bertz CT molecular complexity index is 798. The normalized spacial score (nSPS) is 14.8. The van der Waals surface area contributed by atoms with Gasteiger partial charge in [0.05, 0.1) is 0 Å². The quantitative estimate of drug-likeness (QED) is 0.856. The Labute approximate surface area is 128 Å². The van der Waals surface area contributed by atoms with Gasteiger partial charge in [-0.15, -0.1) is 0 Å². The summed E-state index contributed by atoms with van der Waals surface area (Å²) in [6, 6.07) is 6.47. The Morgan fingerprint density at radius 3 is 2.36 bits per heavy atom. The minimum absolute atomic E-state index is 0.0469. The Hall–Kier alpha value is -2.15. The van der Waals surface area contributed by atoms with Gasteiger partial charge in [-0.3, -0.25) is 9.52 Å². The summed E-state index contributed by atoms with van der Waals surface area (Å²) in [4.78, 5) is 12.0. The maximum Gasteiger partial charge on any atom is 0.267 e. The SMILES string of the molecule is Cc1noc(C)c1S(=O)(=O)Nc1ccc(C(=O)C2CC2)cc1. The van der Waals surface area contributed by atoms with Crippen LogP contribution < -0.4 is 4.72 Å². The highest BCUT2D eigenvalue weighted by atomic mass is 32.2. The molecule has 2 aromatic rings. The molecule has 6 nitrogen and oxygen atoms in total. The van der Waals surface area contributed by atoms with Crippen LogP contribution in [0.2, 0.25) is 0 Å². The fraction of sp³-hybridized carbons (Fsp3) is 0.333. The van der Waals surface area contributed by atoms with Gasteiger partial charge >= 0.3 is 0 Å². The Kier molecular flexibility index (Phi) is 3.52. The molecule has 22 heavy (non-hydrogen) atoms. The number of carbonyl (C=O) groups excluding carboxylic acids is 1. The van der Waals surface area contributed by atoms with E-state index in [-0.39, 0.29) is 22.4 Å². The van der Waals surface area contributed by atoms with Gasteiger partial charge in [0.15, 0.2) is 16.4 Å². The molecule has 1 aliphatic rings. The summed E-state index contributed by atoms with van der Waals surface area (Å²) in [5.41, 5.74) is 1.32. The van der Waals surface area contributed by atoms with Gasteiger partial charge < -0.3 is 4.52 Å². The van der Waals surface area contributed by atoms with Gasteiger partial charge in [-0.25, -0.2) is 8.42 Å². The minimum atomic E-state index is -3.76. The number of aryl methyl sites for hydroxylation is 2. The number of sulfonamides is 1. The van der Waals surface area contributed by atoms with Crippen molar-refractivity contribution in [3.8, 4) is 0 Å². The third-order valence-electron chi connectivity index (χ3n) is 3.61. The number of hydrogen-bond donors (Lipinski definition) is 1. The largest absolute Gasteiger partial charge is 0.360 e. The second kappa shape index (κ2) is 5.24. The molecule has 0 amide bonds. The number of nitrogens with one attached hydrogen (secondary N) is 1. The summed E-state index contributed by atoms with van der Waals surface area (Å²) in [6.07, 6.45) is 1.89. The Balaban J connectivity index is 1.82. The van der Waals surface area contributed by atoms with Crippen LogP contribution in [0, 0.1) is 19.8 Å². The van der Waals surface area contributed by atoms with Crippen LogP contribution in [-0.4, -0.2) is 19.4 Å². The van der Waals surface area contributed by atoms with Gasteiger partial charge in [-0.05, 0) is 51.0 Å². The number of aromatic nitrogens is 1. The van der Waals surface area contributed by atoms with Crippen LogP contribution in [0.4, 0.5) is 5.69 Å². The summed E-state index contributed by atoms with van der Waals surface area (Å²) in [6.45, 7) is 3.12. The number of hydrogen-bond acceptors (Lipinski definition) is 5. The highest BCUT2D eigenvalue weighted by Crippen LogP contribution is 2.33. The van der Waals surface area contributed by atoms with Crippen LogP contribution in [0.1, 0.15) is 34.7 Å². The van der Waals surface area contributed by atoms with Crippen LogP contribution in [0.25, 0.3) is 0 Å². The van der Waals surface area contributed by atoms with E-state index in [1.165, 1.54) is 0 Å².